The first-order valence-corrected chi connectivity index (χ1v) is 6.65. The molecule has 2 rings (SSSR count). The van der Waals surface area contributed by atoms with Crippen molar-refractivity contribution < 1.29 is 9.60 Å². The normalized spacial score (nSPS) is 11.5. The molecule has 0 saturated carbocycles. The number of nitrogens with one attached hydrogen (secondary N) is 1. The molecule has 0 fully saturated rings. The van der Waals surface area contributed by atoms with Gasteiger partial charge in [0.05, 0.1) is 0 Å². The Labute approximate surface area is 127 Å². The molecule has 0 radical (unpaired) electrons. The van der Waals surface area contributed by atoms with Gasteiger partial charge in [-0.2, -0.15) is 0 Å². The number of oxime groups is 1. The molecule has 0 aromatic heterocycles. The van der Waals surface area contributed by atoms with E-state index in [1.807, 2.05) is 13.0 Å². The highest BCUT2D eigenvalue weighted by atomic mass is 35.5. The Hall–Kier alpha value is -2.27. The predicted molar refractivity (Wildman–Crippen MR) is 82.4 cm³/mol. The summed E-state index contributed by atoms with van der Waals surface area (Å²) in [6.07, 6.45) is 0. The number of benzene rings is 2. The third-order valence-corrected chi connectivity index (χ3v) is 3.48. The van der Waals surface area contributed by atoms with Crippen molar-refractivity contribution in [1.82, 2.24) is 0 Å². The number of nitrogens with zero attached hydrogens (tertiary/aromatic N) is 1. The van der Waals surface area contributed by atoms with Crippen LogP contribution in [0.3, 0.4) is 0 Å². The lowest BCUT2D eigenvalue weighted by Gasteiger charge is -2.12. The molecule has 0 atom stereocenters. The summed E-state index contributed by atoms with van der Waals surface area (Å²) in [6, 6.07) is 9.68. The number of nitrogens with two attached hydrogens (primary N) is 1. The van der Waals surface area contributed by atoms with E-state index in [2.05, 4.69) is 10.5 Å². The third-order valence-electron chi connectivity index (χ3n) is 3.13. The largest absolute Gasteiger partial charge is 0.409 e. The molecule has 4 nitrogen and oxygen atoms in total. The number of hydrogen-bond acceptors (Lipinski definition) is 3. The molecule has 0 unspecified atom stereocenters. The highest BCUT2D eigenvalue weighted by molar-refractivity contribution is 6.31. The second kappa shape index (κ2) is 6.45. The monoisotopic (exact) mass is 307 g/mol. The minimum atomic E-state index is -0.367. The maximum atomic E-state index is 13.0. The SMILES string of the molecule is Cc1ccc(C(N)=NO)cc1NCc1ccc(F)cc1Cl. The second-order valence-corrected chi connectivity index (χ2v) is 5.01. The van der Waals surface area contributed by atoms with Gasteiger partial charge in [-0.15, -0.1) is 0 Å². The minimum Gasteiger partial charge on any atom is -0.409 e. The van der Waals surface area contributed by atoms with Crippen molar-refractivity contribution in [2.24, 2.45) is 10.9 Å². The van der Waals surface area contributed by atoms with Crippen LogP contribution >= 0.6 is 11.6 Å². The summed E-state index contributed by atoms with van der Waals surface area (Å²) in [5.74, 6) is -0.327. The van der Waals surface area contributed by atoms with Gasteiger partial charge in [0, 0.05) is 22.8 Å². The zero-order valence-electron chi connectivity index (χ0n) is 11.4. The van der Waals surface area contributed by atoms with Crippen molar-refractivity contribution in [3.8, 4) is 0 Å². The van der Waals surface area contributed by atoms with Crippen LogP contribution in [0.4, 0.5) is 10.1 Å². The van der Waals surface area contributed by atoms with Crippen molar-refractivity contribution >= 4 is 23.1 Å². The number of hydrogen-bond donors (Lipinski definition) is 3. The summed E-state index contributed by atoms with van der Waals surface area (Å²) >= 11 is 5.99. The first-order valence-electron chi connectivity index (χ1n) is 6.27. The molecular formula is C15H15ClFN3O. The van der Waals surface area contributed by atoms with Gasteiger partial charge in [0.1, 0.15) is 5.82 Å². The van der Waals surface area contributed by atoms with Crippen molar-refractivity contribution in [2.75, 3.05) is 5.32 Å². The van der Waals surface area contributed by atoms with E-state index < -0.39 is 0 Å². The zero-order chi connectivity index (χ0) is 15.4. The summed E-state index contributed by atoms with van der Waals surface area (Å²) in [5, 5.41) is 15.3. The van der Waals surface area contributed by atoms with Crippen molar-refractivity contribution in [3.05, 3.63) is 63.9 Å². The Kier molecular flexibility index (Phi) is 4.65. The maximum Gasteiger partial charge on any atom is 0.170 e. The second-order valence-electron chi connectivity index (χ2n) is 4.60. The Morgan fingerprint density at radius 3 is 2.76 bits per heavy atom. The number of aryl methyl sites for hydroxylation is 1. The van der Waals surface area contributed by atoms with E-state index >= 15 is 0 Å². The number of anilines is 1. The van der Waals surface area contributed by atoms with Crippen LogP contribution in [0.2, 0.25) is 5.02 Å². The van der Waals surface area contributed by atoms with E-state index in [0.29, 0.717) is 17.1 Å². The quantitative estimate of drug-likeness (QED) is 0.350. The molecule has 0 amide bonds. The molecule has 4 N–H and O–H groups in total. The van der Waals surface area contributed by atoms with Gasteiger partial charge in [-0.05, 0) is 36.2 Å². The average Bonchev–Trinajstić information content (AvgIpc) is 2.47. The van der Waals surface area contributed by atoms with Crippen LogP contribution in [0, 0.1) is 12.7 Å². The van der Waals surface area contributed by atoms with E-state index in [0.717, 1.165) is 16.8 Å². The summed E-state index contributed by atoms with van der Waals surface area (Å²) in [6.45, 7) is 2.38. The van der Waals surface area contributed by atoms with Crippen LogP contribution < -0.4 is 11.1 Å². The van der Waals surface area contributed by atoms with E-state index in [9.17, 15) is 4.39 Å². The molecule has 110 valence electrons. The van der Waals surface area contributed by atoms with Crippen LogP contribution in [-0.2, 0) is 6.54 Å². The fraction of sp³-hybridized carbons (Fsp3) is 0.133. The average molecular weight is 308 g/mol. The fourth-order valence-corrected chi connectivity index (χ4v) is 2.12. The van der Waals surface area contributed by atoms with Crippen LogP contribution in [0.15, 0.2) is 41.6 Å². The maximum absolute atomic E-state index is 13.0. The first-order chi connectivity index (χ1) is 10.0. The molecule has 2 aromatic rings. The fourth-order valence-electron chi connectivity index (χ4n) is 1.89. The molecule has 0 spiro atoms. The van der Waals surface area contributed by atoms with Crippen molar-refractivity contribution in [1.29, 1.82) is 0 Å². The Bertz CT molecular complexity index is 689. The van der Waals surface area contributed by atoms with Gasteiger partial charge in [-0.1, -0.05) is 35.0 Å². The number of halogens is 2. The van der Waals surface area contributed by atoms with Crippen LogP contribution in [0.5, 0.6) is 0 Å². The molecule has 0 heterocycles. The van der Waals surface area contributed by atoms with Gasteiger partial charge < -0.3 is 16.3 Å². The van der Waals surface area contributed by atoms with Gasteiger partial charge in [0.2, 0.25) is 0 Å². The first kappa shape index (κ1) is 15.1. The molecule has 0 aliphatic carbocycles. The molecule has 0 aliphatic heterocycles. The molecular weight excluding hydrogens is 293 g/mol. The third kappa shape index (κ3) is 3.64. The number of amidine groups is 1. The number of rotatable bonds is 4. The minimum absolute atomic E-state index is 0.0397. The Morgan fingerprint density at radius 2 is 2.10 bits per heavy atom. The van der Waals surface area contributed by atoms with E-state index in [1.54, 1.807) is 18.2 Å². The highest BCUT2D eigenvalue weighted by Crippen LogP contribution is 2.21. The highest BCUT2D eigenvalue weighted by Gasteiger charge is 2.06. The smallest absolute Gasteiger partial charge is 0.170 e. The molecule has 6 heteroatoms. The topological polar surface area (TPSA) is 70.6 Å². The summed E-state index contributed by atoms with van der Waals surface area (Å²) in [7, 11) is 0. The van der Waals surface area contributed by atoms with Crippen LogP contribution in [-0.4, -0.2) is 11.0 Å². The standard InChI is InChI=1S/C15H15ClFN3O/c1-9-2-3-10(15(18)20-21)6-14(9)19-8-11-4-5-12(17)7-13(11)16/h2-7,19,21H,8H2,1H3,(H2,18,20). The van der Waals surface area contributed by atoms with Gasteiger partial charge in [0.25, 0.3) is 0 Å². The van der Waals surface area contributed by atoms with Crippen molar-refractivity contribution in [2.45, 2.75) is 13.5 Å². The molecule has 21 heavy (non-hydrogen) atoms. The van der Waals surface area contributed by atoms with Gasteiger partial charge >= 0.3 is 0 Å². The molecule has 0 saturated heterocycles. The van der Waals surface area contributed by atoms with Gasteiger partial charge in [0.15, 0.2) is 5.84 Å². The van der Waals surface area contributed by atoms with Crippen LogP contribution in [0.25, 0.3) is 0 Å². The molecule has 0 aliphatic rings. The Morgan fingerprint density at radius 1 is 1.33 bits per heavy atom. The van der Waals surface area contributed by atoms with Gasteiger partial charge in [-0.3, -0.25) is 0 Å². The van der Waals surface area contributed by atoms with E-state index in [-0.39, 0.29) is 11.7 Å². The lowest BCUT2D eigenvalue weighted by molar-refractivity contribution is 0.318. The summed E-state index contributed by atoms with van der Waals surface area (Å²) in [4.78, 5) is 0. The molecule has 2 aromatic carbocycles. The van der Waals surface area contributed by atoms with Gasteiger partial charge in [-0.25, -0.2) is 4.39 Å². The molecule has 0 bridgehead atoms. The zero-order valence-corrected chi connectivity index (χ0v) is 12.2. The summed E-state index contributed by atoms with van der Waals surface area (Å²) in [5.41, 5.74) is 8.80. The predicted octanol–water partition coefficient (Wildman–Crippen LogP) is 3.49. The Balaban J connectivity index is 2.19. The van der Waals surface area contributed by atoms with E-state index in [1.165, 1.54) is 12.1 Å². The van der Waals surface area contributed by atoms with Crippen LogP contribution in [0.1, 0.15) is 16.7 Å². The lowest BCUT2D eigenvalue weighted by Crippen LogP contribution is -2.13. The van der Waals surface area contributed by atoms with Crippen molar-refractivity contribution in [3.63, 3.8) is 0 Å². The van der Waals surface area contributed by atoms with E-state index in [4.69, 9.17) is 22.5 Å². The lowest BCUT2D eigenvalue weighted by atomic mass is 10.1. The summed E-state index contributed by atoms with van der Waals surface area (Å²) < 4.78 is 13.0.